The smallest absolute Gasteiger partial charge is 0.422 e. The van der Waals surface area contributed by atoms with Crippen molar-refractivity contribution in [3.8, 4) is 17.1 Å². The maximum absolute atomic E-state index is 14.2. The molecule has 8 nitrogen and oxygen atoms in total. The number of rotatable bonds is 5. The fraction of sp³-hybridized carbons (Fsp3) is 0.333. The Bertz CT molecular complexity index is 1400. The number of halogens is 3. The number of anilines is 1. The van der Waals surface area contributed by atoms with Gasteiger partial charge in [0.1, 0.15) is 11.1 Å². The summed E-state index contributed by atoms with van der Waals surface area (Å²) in [6, 6.07) is 7.77. The number of furan rings is 1. The van der Waals surface area contributed by atoms with Gasteiger partial charge in [-0.2, -0.15) is 23.3 Å². The van der Waals surface area contributed by atoms with Gasteiger partial charge in [0.15, 0.2) is 22.9 Å². The topological polar surface area (TPSA) is 86.3 Å². The van der Waals surface area contributed by atoms with Crippen LogP contribution in [0.15, 0.2) is 41.1 Å². The third-order valence-electron chi connectivity index (χ3n) is 5.81. The van der Waals surface area contributed by atoms with Crippen molar-refractivity contribution in [1.82, 2.24) is 19.7 Å². The van der Waals surface area contributed by atoms with Gasteiger partial charge in [-0.05, 0) is 12.5 Å². The van der Waals surface area contributed by atoms with Crippen LogP contribution in [0.3, 0.4) is 0 Å². The van der Waals surface area contributed by atoms with Crippen molar-refractivity contribution in [1.29, 1.82) is 0 Å². The summed E-state index contributed by atoms with van der Waals surface area (Å²) < 4.78 is 54.7. The number of nitrogens with zero attached hydrogens (tertiary/aromatic N) is 5. The molecule has 1 saturated heterocycles. The second-order valence-electron chi connectivity index (χ2n) is 8.25. The van der Waals surface area contributed by atoms with Gasteiger partial charge in [-0.3, -0.25) is 4.79 Å². The van der Waals surface area contributed by atoms with Crippen LogP contribution < -0.4 is 4.90 Å². The highest BCUT2D eigenvalue weighted by Gasteiger charge is 2.42. The fourth-order valence-electron chi connectivity index (χ4n) is 4.07. The zero-order chi connectivity index (χ0) is 24.7. The Balaban J connectivity index is 1.72. The van der Waals surface area contributed by atoms with E-state index in [4.69, 9.17) is 9.15 Å². The van der Waals surface area contributed by atoms with Gasteiger partial charge in [0.05, 0.1) is 19.4 Å². The number of morpholine rings is 1. The number of Topliss-reactive ketones (excluding diaryl/α,β-unsaturated/α-hetero) is 1. The van der Waals surface area contributed by atoms with E-state index in [-0.39, 0.29) is 23.8 Å². The van der Waals surface area contributed by atoms with Gasteiger partial charge in [0.25, 0.3) is 5.95 Å². The van der Waals surface area contributed by atoms with Crippen LogP contribution in [0, 0.1) is 6.92 Å². The Kier molecular flexibility index (Phi) is 5.79. The third kappa shape index (κ3) is 4.27. The normalized spacial score (nSPS) is 14.6. The van der Waals surface area contributed by atoms with Crippen LogP contribution in [-0.4, -0.2) is 51.8 Å². The van der Waals surface area contributed by atoms with Crippen molar-refractivity contribution >= 4 is 22.7 Å². The van der Waals surface area contributed by atoms with Crippen molar-refractivity contribution in [3.63, 3.8) is 0 Å². The Hall–Kier alpha value is -3.73. The Morgan fingerprint density at radius 2 is 1.91 bits per heavy atom. The maximum atomic E-state index is 14.2. The second kappa shape index (κ2) is 8.81. The number of ether oxygens (including phenoxy) is 1. The molecule has 5 rings (SSSR count). The molecule has 182 valence electrons. The lowest BCUT2D eigenvalue weighted by atomic mass is 10.1. The number of aryl methyl sites for hydroxylation is 1. The number of aromatic nitrogens is 4. The highest BCUT2D eigenvalue weighted by Crippen LogP contribution is 2.42. The Labute approximate surface area is 198 Å². The molecule has 0 amide bonds. The summed E-state index contributed by atoms with van der Waals surface area (Å²) in [4.78, 5) is 22.9. The highest BCUT2D eigenvalue weighted by atomic mass is 19.4. The fourth-order valence-corrected chi connectivity index (χ4v) is 4.07. The quantitative estimate of drug-likeness (QED) is 0.374. The zero-order valence-corrected chi connectivity index (χ0v) is 19.1. The van der Waals surface area contributed by atoms with E-state index in [1.807, 2.05) is 31.2 Å². The predicted octanol–water partition coefficient (Wildman–Crippen LogP) is 4.83. The molecule has 1 aliphatic heterocycles. The number of hydrogen-bond donors (Lipinski definition) is 0. The molecule has 11 heteroatoms. The number of carbonyl (C=O) groups is 1. The molecule has 0 bridgehead atoms. The number of carbonyl (C=O) groups excluding carboxylic acids is 1. The first kappa shape index (κ1) is 23.0. The van der Waals surface area contributed by atoms with Crippen molar-refractivity contribution in [2.45, 2.75) is 26.4 Å². The third-order valence-corrected chi connectivity index (χ3v) is 5.81. The molecule has 35 heavy (non-hydrogen) atoms. The molecule has 3 aromatic heterocycles. The van der Waals surface area contributed by atoms with Gasteiger partial charge < -0.3 is 14.1 Å². The van der Waals surface area contributed by atoms with Crippen molar-refractivity contribution in [2.75, 3.05) is 31.2 Å². The summed E-state index contributed by atoms with van der Waals surface area (Å²) in [5.41, 5.74) is 0.892. The first-order valence-corrected chi connectivity index (χ1v) is 11.2. The molecule has 0 saturated carbocycles. The van der Waals surface area contributed by atoms with E-state index >= 15 is 0 Å². The number of hydrogen-bond acceptors (Lipinski definition) is 7. The van der Waals surface area contributed by atoms with E-state index in [2.05, 4.69) is 15.1 Å². The Morgan fingerprint density at radius 1 is 1.14 bits per heavy atom. The summed E-state index contributed by atoms with van der Waals surface area (Å²) in [7, 11) is 0. The lowest BCUT2D eigenvalue weighted by Gasteiger charge is -2.27. The highest BCUT2D eigenvalue weighted by molar-refractivity contribution is 6.01. The minimum absolute atomic E-state index is 0.0558. The van der Waals surface area contributed by atoms with E-state index in [0.29, 0.717) is 26.3 Å². The molecule has 1 aliphatic rings. The first-order valence-electron chi connectivity index (χ1n) is 11.2. The average molecular weight is 485 g/mol. The maximum Gasteiger partial charge on any atom is 0.422 e. The predicted molar refractivity (Wildman–Crippen MR) is 122 cm³/mol. The summed E-state index contributed by atoms with van der Waals surface area (Å²) in [6.45, 7) is 5.01. The summed E-state index contributed by atoms with van der Waals surface area (Å²) in [6.07, 6.45) is -1.74. The lowest BCUT2D eigenvalue weighted by molar-refractivity contribution is -0.137. The van der Waals surface area contributed by atoms with Gasteiger partial charge in [-0.15, -0.1) is 0 Å². The lowest BCUT2D eigenvalue weighted by Crippen LogP contribution is -2.37. The zero-order valence-electron chi connectivity index (χ0n) is 19.1. The van der Waals surface area contributed by atoms with Gasteiger partial charge >= 0.3 is 6.18 Å². The molecule has 0 aliphatic carbocycles. The molecule has 1 aromatic carbocycles. The second-order valence-corrected chi connectivity index (χ2v) is 8.25. The van der Waals surface area contributed by atoms with Crippen molar-refractivity contribution in [2.24, 2.45) is 0 Å². The number of fused-ring (bicyclic) bond motifs is 1. The minimum atomic E-state index is -4.85. The van der Waals surface area contributed by atoms with E-state index < -0.39 is 28.8 Å². The molecular weight excluding hydrogens is 463 g/mol. The van der Waals surface area contributed by atoms with Gasteiger partial charge in [-0.1, -0.05) is 36.8 Å². The van der Waals surface area contributed by atoms with Crippen LogP contribution >= 0.6 is 0 Å². The molecule has 0 spiro atoms. The van der Waals surface area contributed by atoms with Gasteiger partial charge in [-0.25, -0.2) is 9.67 Å². The molecule has 1 fully saturated rings. The van der Waals surface area contributed by atoms with E-state index in [1.165, 1.54) is 11.6 Å². The van der Waals surface area contributed by atoms with Crippen LogP contribution in [0.1, 0.15) is 35.0 Å². The van der Waals surface area contributed by atoms with E-state index in [9.17, 15) is 18.0 Å². The summed E-state index contributed by atoms with van der Waals surface area (Å²) in [5, 5.41) is 4.31. The first-order chi connectivity index (χ1) is 16.8. The number of benzene rings is 1. The van der Waals surface area contributed by atoms with Crippen molar-refractivity contribution in [3.05, 3.63) is 53.5 Å². The molecule has 4 aromatic rings. The summed E-state index contributed by atoms with van der Waals surface area (Å²) >= 11 is 0. The van der Waals surface area contributed by atoms with Crippen LogP contribution in [0.4, 0.5) is 19.0 Å². The molecule has 0 atom stereocenters. The molecule has 0 unspecified atom stereocenters. The number of ketones is 1. The molecule has 4 heterocycles. The van der Waals surface area contributed by atoms with Crippen molar-refractivity contribution < 1.29 is 27.1 Å². The van der Waals surface area contributed by atoms with Crippen LogP contribution in [0.2, 0.25) is 0 Å². The van der Waals surface area contributed by atoms with E-state index in [1.54, 1.807) is 17.3 Å². The number of alkyl halides is 3. The Morgan fingerprint density at radius 3 is 2.60 bits per heavy atom. The SMILES string of the molecule is CCC(=O)c1oc2c(N3CCOCC3)nc(-n3cc(-c4cccc(C)c4)cn3)nc2c1C(F)(F)F. The average Bonchev–Trinajstić information content (AvgIpc) is 3.49. The van der Waals surface area contributed by atoms with Gasteiger partial charge in [0, 0.05) is 31.3 Å². The van der Waals surface area contributed by atoms with Crippen LogP contribution in [0.5, 0.6) is 0 Å². The van der Waals surface area contributed by atoms with Crippen LogP contribution in [0.25, 0.3) is 28.2 Å². The van der Waals surface area contributed by atoms with Gasteiger partial charge in [0.2, 0.25) is 0 Å². The molecular formula is C24H22F3N5O3. The monoisotopic (exact) mass is 485 g/mol. The summed E-state index contributed by atoms with van der Waals surface area (Å²) in [5.74, 6) is -1.40. The van der Waals surface area contributed by atoms with E-state index in [0.717, 1.165) is 16.7 Å². The van der Waals surface area contributed by atoms with Crippen LogP contribution in [-0.2, 0) is 10.9 Å². The molecule has 0 radical (unpaired) electrons. The largest absolute Gasteiger partial charge is 0.447 e. The molecule has 0 N–H and O–H groups in total. The minimum Gasteiger partial charge on any atom is -0.447 e. The standard InChI is InChI=1S/C24H22F3N5O3/c1-3-17(33)20-18(24(25,26)27)19-21(35-20)22(31-7-9-34-10-8-31)30-23(29-19)32-13-16(12-28-32)15-6-4-5-14(2)11-15/h4-6,11-13H,3,7-10H2,1-2H3.